The first kappa shape index (κ1) is 18.1. The van der Waals surface area contributed by atoms with Gasteiger partial charge < -0.3 is 4.57 Å². The zero-order valence-corrected chi connectivity index (χ0v) is 16.3. The van der Waals surface area contributed by atoms with Crippen molar-refractivity contribution >= 4 is 40.9 Å². The van der Waals surface area contributed by atoms with Crippen molar-refractivity contribution < 1.29 is 9.59 Å². The first-order valence-corrected chi connectivity index (χ1v) is 8.73. The molecule has 134 valence electrons. The molecule has 0 radical (unpaired) electrons. The molecule has 0 aliphatic carbocycles. The van der Waals surface area contributed by atoms with Crippen LogP contribution in [0.1, 0.15) is 28.1 Å². The highest BCUT2D eigenvalue weighted by molar-refractivity contribution is 7.80. The molecule has 1 aromatic carbocycles. The number of anilines is 1. The molecule has 0 bridgehead atoms. The Kier molecular flexibility index (Phi) is 4.54. The van der Waals surface area contributed by atoms with Crippen LogP contribution in [0.4, 0.5) is 5.69 Å². The maximum absolute atomic E-state index is 13.1. The Balaban J connectivity index is 2.08. The summed E-state index contributed by atoms with van der Waals surface area (Å²) in [5, 5.41) is 2.74. The van der Waals surface area contributed by atoms with E-state index < -0.39 is 11.8 Å². The lowest BCUT2D eigenvalue weighted by Gasteiger charge is -2.30. The second-order valence-electron chi connectivity index (χ2n) is 6.63. The van der Waals surface area contributed by atoms with E-state index in [-0.39, 0.29) is 10.7 Å². The molecular weight excluding hydrogens is 346 g/mol. The Bertz CT molecular complexity index is 985. The first-order chi connectivity index (χ1) is 12.2. The van der Waals surface area contributed by atoms with Gasteiger partial charge in [-0.2, -0.15) is 0 Å². The highest BCUT2D eigenvalue weighted by Gasteiger charge is 2.35. The largest absolute Gasteiger partial charge is 0.352 e. The number of benzene rings is 1. The molecule has 0 unspecified atom stereocenters. The minimum absolute atomic E-state index is 0.0762. The van der Waals surface area contributed by atoms with E-state index in [1.165, 1.54) is 4.90 Å². The second-order valence-corrected chi connectivity index (χ2v) is 7.02. The van der Waals surface area contributed by atoms with Crippen LogP contribution in [0.15, 0.2) is 29.8 Å². The molecule has 2 aromatic rings. The number of aryl methyl sites for hydroxylation is 3. The van der Waals surface area contributed by atoms with E-state index in [9.17, 15) is 9.59 Å². The van der Waals surface area contributed by atoms with Gasteiger partial charge in [-0.15, -0.1) is 0 Å². The SMILES string of the molecule is Cc1ccc(N2C(=O)/C(=C/c3cc(C)n(C)c3C)C(=O)NC2=S)c(C)c1. The zero-order valence-electron chi connectivity index (χ0n) is 15.5. The number of nitrogens with zero attached hydrogens (tertiary/aromatic N) is 2. The Morgan fingerprint density at radius 1 is 1.08 bits per heavy atom. The summed E-state index contributed by atoms with van der Waals surface area (Å²) in [7, 11) is 1.95. The van der Waals surface area contributed by atoms with Gasteiger partial charge in [0.1, 0.15) is 5.57 Å². The summed E-state index contributed by atoms with van der Waals surface area (Å²) in [5.74, 6) is -0.881. The van der Waals surface area contributed by atoms with Gasteiger partial charge in [0.25, 0.3) is 11.8 Å². The van der Waals surface area contributed by atoms with Gasteiger partial charge in [0.2, 0.25) is 0 Å². The summed E-state index contributed by atoms with van der Waals surface area (Å²) in [6.07, 6.45) is 1.64. The number of carbonyl (C=O) groups is 2. The summed E-state index contributed by atoms with van der Waals surface area (Å²) in [6.45, 7) is 7.84. The average Bonchev–Trinajstić information content (AvgIpc) is 2.80. The van der Waals surface area contributed by atoms with Gasteiger partial charge in [-0.05, 0) is 69.2 Å². The molecule has 1 aromatic heterocycles. The number of rotatable bonds is 2. The van der Waals surface area contributed by atoms with Crippen molar-refractivity contribution in [2.45, 2.75) is 27.7 Å². The summed E-state index contributed by atoms with van der Waals surface area (Å²) >= 11 is 5.27. The first-order valence-electron chi connectivity index (χ1n) is 8.32. The fourth-order valence-corrected chi connectivity index (χ4v) is 3.39. The molecule has 1 aliphatic heterocycles. The number of thiocarbonyl (C=S) groups is 1. The van der Waals surface area contributed by atoms with E-state index in [2.05, 4.69) is 5.32 Å². The van der Waals surface area contributed by atoms with Crippen LogP contribution in [0.3, 0.4) is 0 Å². The van der Waals surface area contributed by atoms with Gasteiger partial charge in [-0.25, -0.2) is 0 Å². The third kappa shape index (κ3) is 2.97. The number of hydrogen-bond acceptors (Lipinski definition) is 3. The Morgan fingerprint density at radius 3 is 2.35 bits per heavy atom. The molecule has 6 heteroatoms. The van der Waals surface area contributed by atoms with Crippen molar-refractivity contribution in [1.29, 1.82) is 0 Å². The Labute approximate surface area is 158 Å². The van der Waals surface area contributed by atoms with Gasteiger partial charge >= 0.3 is 0 Å². The van der Waals surface area contributed by atoms with Gasteiger partial charge in [-0.3, -0.25) is 19.8 Å². The van der Waals surface area contributed by atoms with Crippen molar-refractivity contribution in [1.82, 2.24) is 9.88 Å². The Morgan fingerprint density at radius 2 is 1.77 bits per heavy atom. The van der Waals surface area contributed by atoms with Gasteiger partial charge in [0, 0.05) is 18.4 Å². The van der Waals surface area contributed by atoms with Crippen LogP contribution in [0.25, 0.3) is 6.08 Å². The van der Waals surface area contributed by atoms with E-state index in [0.717, 1.165) is 28.1 Å². The average molecular weight is 367 g/mol. The van der Waals surface area contributed by atoms with E-state index in [1.54, 1.807) is 6.08 Å². The molecule has 1 saturated heterocycles. The smallest absolute Gasteiger partial charge is 0.270 e. The molecule has 1 N–H and O–H groups in total. The van der Waals surface area contributed by atoms with Crippen LogP contribution in [-0.2, 0) is 16.6 Å². The molecule has 3 rings (SSSR count). The van der Waals surface area contributed by atoms with Gasteiger partial charge in [0.15, 0.2) is 5.11 Å². The third-order valence-corrected chi connectivity index (χ3v) is 5.09. The van der Waals surface area contributed by atoms with Crippen LogP contribution < -0.4 is 10.2 Å². The number of aromatic nitrogens is 1. The van der Waals surface area contributed by atoms with E-state index in [0.29, 0.717) is 5.69 Å². The van der Waals surface area contributed by atoms with Crippen molar-refractivity contribution in [3.63, 3.8) is 0 Å². The predicted octanol–water partition coefficient (Wildman–Crippen LogP) is 3.09. The van der Waals surface area contributed by atoms with E-state index in [4.69, 9.17) is 12.2 Å². The normalized spacial score (nSPS) is 16.4. The lowest BCUT2D eigenvalue weighted by molar-refractivity contribution is -0.122. The fourth-order valence-electron chi connectivity index (χ4n) is 3.12. The maximum Gasteiger partial charge on any atom is 0.270 e. The fraction of sp³-hybridized carbons (Fsp3) is 0.250. The summed E-state index contributed by atoms with van der Waals surface area (Å²) in [4.78, 5) is 26.9. The van der Waals surface area contributed by atoms with E-state index >= 15 is 0 Å². The van der Waals surface area contributed by atoms with Crippen LogP contribution >= 0.6 is 12.2 Å². The monoisotopic (exact) mass is 367 g/mol. The van der Waals surface area contributed by atoms with Crippen molar-refractivity contribution in [3.8, 4) is 0 Å². The zero-order chi connectivity index (χ0) is 19.2. The summed E-state index contributed by atoms with van der Waals surface area (Å²) < 4.78 is 2.02. The molecule has 0 spiro atoms. The minimum atomic E-state index is -0.470. The van der Waals surface area contributed by atoms with Gasteiger partial charge in [0.05, 0.1) is 5.69 Å². The molecule has 2 amide bonds. The van der Waals surface area contributed by atoms with Crippen LogP contribution in [-0.4, -0.2) is 21.5 Å². The molecule has 2 heterocycles. The molecule has 0 saturated carbocycles. The topological polar surface area (TPSA) is 54.3 Å². The number of amides is 2. The summed E-state index contributed by atoms with van der Waals surface area (Å²) in [5.41, 5.74) is 5.66. The third-order valence-electron chi connectivity index (χ3n) is 4.81. The molecule has 5 nitrogen and oxygen atoms in total. The molecule has 0 atom stereocenters. The highest BCUT2D eigenvalue weighted by Crippen LogP contribution is 2.27. The van der Waals surface area contributed by atoms with E-state index in [1.807, 2.05) is 63.6 Å². The lowest BCUT2D eigenvalue weighted by atomic mass is 10.0. The van der Waals surface area contributed by atoms with Gasteiger partial charge in [-0.1, -0.05) is 17.7 Å². The molecular formula is C20H21N3O2S. The second kappa shape index (κ2) is 6.53. The molecule has 26 heavy (non-hydrogen) atoms. The number of hydrogen-bond donors (Lipinski definition) is 1. The standard InChI is InChI=1S/C20H21N3O2S/c1-11-6-7-17(12(2)8-11)23-19(25)16(18(24)21-20(23)26)10-15-9-13(3)22(5)14(15)4/h6-10H,1-5H3,(H,21,24,26)/b16-10+. The minimum Gasteiger partial charge on any atom is -0.352 e. The quantitative estimate of drug-likeness (QED) is 0.504. The van der Waals surface area contributed by atoms with Crippen molar-refractivity contribution in [2.24, 2.45) is 7.05 Å². The Hall–Kier alpha value is -2.73. The lowest BCUT2D eigenvalue weighted by Crippen LogP contribution is -2.54. The number of nitrogens with one attached hydrogen (secondary N) is 1. The van der Waals surface area contributed by atoms with Crippen molar-refractivity contribution in [3.05, 3.63) is 57.9 Å². The molecule has 1 aliphatic rings. The van der Waals surface area contributed by atoms with Crippen LogP contribution in [0.5, 0.6) is 0 Å². The molecule has 1 fully saturated rings. The number of carbonyl (C=O) groups excluding carboxylic acids is 2. The predicted molar refractivity (Wildman–Crippen MR) is 107 cm³/mol. The maximum atomic E-state index is 13.1. The van der Waals surface area contributed by atoms with Crippen molar-refractivity contribution in [2.75, 3.05) is 4.90 Å². The van der Waals surface area contributed by atoms with Crippen LogP contribution in [0.2, 0.25) is 0 Å². The highest BCUT2D eigenvalue weighted by atomic mass is 32.1. The summed E-state index contributed by atoms with van der Waals surface area (Å²) in [6, 6.07) is 7.71. The van der Waals surface area contributed by atoms with Crippen LogP contribution in [0, 0.1) is 27.7 Å².